The van der Waals surface area contributed by atoms with Gasteiger partial charge in [-0.15, -0.1) is 11.8 Å². The molecule has 0 saturated carbocycles. The van der Waals surface area contributed by atoms with Gasteiger partial charge in [-0.25, -0.2) is 9.78 Å². The van der Waals surface area contributed by atoms with Crippen molar-refractivity contribution in [3.63, 3.8) is 0 Å². The number of nitrogens with zero attached hydrogens (tertiary/aromatic N) is 2. The highest BCUT2D eigenvalue weighted by Gasteiger charge is 2.10. The van der Waals surface area contributed by atoms with Crippen molar-refractivity contribution >= 4 is 34.8 Å². The zero-order valence-electron chi connectivity index (χ0n) is 17.3. The van der Waals surface area contributed by atoms with Gasteiger partial charge < -0.3 is 10.6 Å². The van der Waals surface area contributed by atoms with Gasteiger partial charge in [-0.1, -0.05) is 30.3 Å². The molecule has 7 heteroatoms. The fraction of sp³-hybridized carbons (Fsp3) is 0.125. The second kappa shape index (κ2) is 9.06. The van der Waals surface area contributed by atoms with Gasteiger partial charge in [0.25, 0.3) is 5.56 Å². The van der Waals surface area contributed by atoms with Crippen molar-refractivity contribution in [1.82, 2.24) is 9.38 Å². The highest BCUT2D eigenvalue weighted by molar-refractivity contribution is 7.98. The van der Waals surface area contributed by atoms with E-state index < -0.39 is 0 Å². The first-order chi connectivity index (χ1) is 15.0. The molecule has 31 heavy (non-hydrogen) atoms. The van der Waals surface area contributed by atoms with E-state index in [1.807, 2.05) is 68.4 Å². The maximum Gasteiger partial charge on any atom is 0.323 e. The van der Waals surface area contributed by atoms with Crippen LogP contribution in [0.3, 0.4) is 0 Å². The van der Waals surface area contributed by atoms with Crippen molar-refractivity contribution in [2.45, 2.75) is 24.5 Å². The number of rotatable bonds is 5. The maximum absolute atomic E-state index is 12.6. The van der Waals surface area contributed by atoms with E-state index >= 15 is 0 Å². The first-order valence-corrected chi connectivity index (χ1v) is 10.8. The minimum absolute atomic E-state index is 0.111. The average molecular weight is 431 g/mol. The summed E-state index contributed by atoms with van der Waals surface area (Å²) in [4.78, 5) is 30.3. The molecule has 0 saturated heterocycles. The summed E-state index contributed by atoms with van der Waals surface area (Å²) in [6.45, 7) is 3.94. The maximum atomic E-state index is 12.6. The summed E-state index contributed by atoms with van der Waals surface area (Å²) in [5.41, 5.74) is 4.75. The minimum Gasteiger partial charge on any atom is -0.307 e. The van der Waals surface area contributed by atoms with Crippen molar-refractivity contribution in [1.29, 1.82) is 0 Å². The van der Waals surface area contributed by atoms with Crippen LogP contribution >= 0.6 is 11.8 Å². The van der Waals surface area contributed by atoms with Gasteiger partial charge in [0.2, 0.25) is 0 Å². The average Bonchev–Trinajstić information content (AvgIpc) is 2.76. The van der Waals surface area contributed by atoms with Gasteiger partial charge in [0, 0.05) is 28.6 Å². The van der Waals surface area contributed by atoms with E-state index in [2.05, 4.69) is 15.6 Å². The lowest BCUT2D eigenvalue weighted by atomic mass is 10.1. The van der Waals surface area contributed by atoms with Crippen LogP contribution in [0, 0.1) is 13.8 Å². The third-order valence-corrected chi connectivity index (χ3v) is 5.88. The lowest BCUT2D eigenvalue weighted by Crippen LogP contribution is -2.20. The second-order valence-corrected chi connectivity index (χ2v) is 8.21. The predicted molar refractivity (Wildman–Crippen MR) is 126 cm³/mol. The molecular weight excluding hydrogens is 408 g/mol. The number of aryl methyl sites for hydroxylation is 2. The Morgan fingerprint density at radius 2 is 1.74 bits per heavy atom. The van der Waals surface area contributed by atoms with Gasteiger partial charge in [0.05, 0.1) is 11.4 Å². The van der Waals surface area contributed by atoms with Crippen LogP contribution in [0.25, 0.3) is 5.65 Å². The molecule has 6 nitrogen and oxygen atoms in total. The molecule has 2 amide bonds. The molecule has 0 radical (unpaired) electrons. The number of para-hydroxylation sites is 1. The van der Waals surface area contributed by atoms with Crippen LogP contribution in [0.15, 0.2) is 82.6 Å². The number of fused-ring (bicyclic) bond motifs is 1. The van der Waals surface area contributed by atoms with E-state index in [-0.39, 0.29) is 11.6 Å². The summed E-state index contributed by atoms with van der Waals surface area (Å²) >= 11 is 1.52. The van der Waals surface area contributed by atoms with Crippen LogP contribution in [0.2, 0.25) is 0 Å². The van der Waals surface area contributed by atoms with Crippen molar-refractivity contribution in [3.8, 4) is 0 Å². The summed E-state index contributed by atoms with van der Waals surface area (Å²) in [6.07, 6.45) is 1.70. The van der Waals surface area contributed by atoms with E-state index in [1.165, 1.54) is 16.2 Å². The van der Waals surface area contributed by atoms with E-state index in [0.29, 0.717) is 22.8 Å². The van der Waals surface area contributed by atoms with Crippen molar-refractivity contribution < 1.29 is 4.79 Å². The molecule has 0 spiro atoms. The van der Waals surface area contributed by atoms with E-state index in [0.717, 1.165) is 21.7 Å². The highest BCUT2D eigenvalue weighted by Crippen LogP contribution is 2.29. The Hall–Kier alpha value is -3.58. The standard InChI is InChI=1S/C24H22N4O2S/c1-16-10-11-17(2)20(13-16)27-24(30)26-19-7-3-4-8-21(19)31-15-18-14-23(29)28-12-6-5-9-22(28)25-18/h3-14H,15H2,1-2H3,(H2,26,27,30). The summed E-state index contributed by atoms with van der Waals surface area (Å²) < 4.78 is 1.52. The largest absolute Gasteiger partial charge is 0.323 e. The Balaban J connectivity index is 1.48. The zero-order chi connectivity index (χ0) is 21.8. The molecule has 2 N–H and O–H groups in total. The Morgan fingerprint density at radius 3 is 2.61 bits per heavy atom. The molecule has 0 unspecified atom stereocenters. The lowest BCUT2D eigenvalue weighted by Gasteiger charge is -2.13. The van der Waals surface area contributed by atoms with Crippen LogP contribution in [0.5, 0.6) is 0 Å². The smallest absolute Gasteiger partial charge is 0.307 e. The third-order valence-electron chi connectivity index (χ3n) is 4.78. The number of carbonyl (C=O) groups excluding carboxylic acids is 1. The Kier molecular flexibility index (Phi) is 6.04. The highest BCUT2D eigenvalue weighted by atomic mass is 32.2. The van der Waals surface area contributed by atoms with Gasteiger partial charge in [-0.2, -0.15) is 0 Å². The number of carbonyl (C=O) groups is 1. The molecule has 0 bridgehead atoms. The van der Waals surface area contributed by atoms with Crippen LogP contribution in [-0.4, -0.2) is 15.4 Å². The van der Waals surface area contributed by atoms with Crippen molar-refractivity contribution in [2.24, 2.45) is 0 Å². The monoisotopic (exact) mass is 430 g/mol. The first-order valence-electron chi connectivity index (χ1n) is 9.84. The fourth-order valence-electron chi connectivity index (χ4n) is 3.17. The van der Waals surface area contributed by atoms with Crippen LogP contribution < -0.4 is 16.2 Å². The summed E-state index contributed by atoms with van der Waals surface area (Å²) in [5.74, 6) is 0.512. The SMILES string of the molecule is Cc1ccc(C)c(NC(=O)Nc2ccccc2SCc2cc(=O)n3ccccc3n2)c1. The van der Waals surface area contributed by atoms with Gasteiger partial charge in [-0.3, -0.25) is 9.20 Å². The molecule has 4 aromatic rings. The molecule has 2 heterocycles. The fourth-order valence-corrected chi connectivity index (χ4v) is 4.07. The number of hydrogen-bond donors (Lipinski definition) is 2. The van der Waals surface area contributed by atoms with E-state index in [9.17, 15) is 9.59 Å². The number of nitrogens with one attached hydrogen (secondary N) is 2. The van der Waals surface area contributed by atoms with E-state index in [4.69, 9.17) is 0 Å². The number of benzene rings is 2. The number of hydrogen-bond acceptors (Lipinski definition) is 4. The quantitative estimate of drug-likeness (QED) is 0.424. The molecule has 2 aromatic heterocycles. The first kappa shape index (κ1) is 20.7. The second-order valence-electron chi connectivity index (χ2n) is 7.20. The van der Waals surface area contributed by atoms with Crippen molar-refractivity contribution in [3.05, 3.63) is 100 Å². The summed E-state index contributed by atoms with van der Waals surface area (Å²) in [6, 6.07) is 20.2. The van der Waals surface area contributed by atoms with Crippen LogP contribution in [0.4, 0.5) is 16.2 Å². The Bertz CT molecular complexity index is 1320. The normalized spacial score (nSPS) is 10.8. The van der Waals surface area contributed by atoms with Crippen LogP contribution in [0.1, 0.15) is 16.8 Å². The molecule has 156 valence electrons. The zero-order valence-corrected chi connectivity index (χ0v) is 18.1. The van der Waals surface area contributed by atoms with Gasteiger partial charge in [0.1, 0.15) is 5.65 Å². The molecular formula is C24H22N4O2S. The molecule has 2 aromatic carbocycles. The number of thioether (sulfide) groups is 1. The third kappa shape index (κ3) is 4.95. The molecule has 0 aliphatic heterocycles. The van der Waals surface area contributed by atoms with Gasteiger partial charge in [0.15, 0.2) is 0 Å². The molecule has 0 aliphatic carbocycles. The summed E-state index contributed by atoms with van der Waals surface area (Å²) in [7, 11) is 0. The summed E-state index contributed by atoms with van der Waals surface area (Å²) in [5, 5.41) is 5.84. The minimum atomic E-state index is -0.302. The number of anilines is 2. The number of aromatic nitrogens is 2. The van der Waals surface area contributed by atoms with Crippen molar-refractivity contribution in [2.75, 3.05) is 10.6 Å². The lowest BCUT2D eigenvalue weighted by molar-refractivity contribution is 0.262. The number of urea groups is 1. The van der Waals surface area contributed by atoms with Crippen LogP contribution in [-0.2, 0) is 5.75 Å². The number of amides is 2. The van der Waals surface area contributed by atoms with Gasteiger partial charge >= 0.3 is 6.03 Å². The molecule has 0 aliphatic rings. The Labute approximate surface area is 184 Å². The van der Waals surface area contributed by atoms with E-state index in [1.54, 1.807) is 18.3 Å². The topological polar surface area (TPSA) is 75.5 Å². The Morgan fingerprint density at radius 1 is 0.968 bits per heavy atom. The molecule has 4 rings (SSSR count). The predicted octanol–water partition coefficient (Wildman–Crippen LogP) is 5.25. The molecule has 0 fully saturated rings. The number of pyridine rings is 1. The van der Waals surface area contributed by atoms with Gasteiger partial charge in [-0.05, 0) is 55.3 Å². The molecule has 0 atom stereocenters.